The third kappa shape index (κ3) is 7.02. The van der Waals surface area contributed by atoms with Gasteiger partial charge in [0.1, 0.15) is 12.1 Å². The zero-order chi connectivity index (χ0) is 24.0. The number of anilines is 1. The molecule has 9 nitrogen and oxygen atoms in total. The van der Waals surface area contributed by atoms with Gasteiger partial charge in [0.05, 0.1) is 4.90 Å². The van der Waals surface area contributed by atoms with Crippen LogP contribution in [0.15, 0.2) is 59.5 Å². The second-order valence-electron chi connectivity index (χ2n) is 7.31. The van der Waals surface area contributed by atoms with Gasteiger partial charge in [-0.1, -0.05) is 59.4 Å². The Bertz CT molecular complexity index is 1270. The maximum Gasteiger partial charge on any atom is 0.248 e. The number of H-pyrrole nitrogens is 1. The van der Waals surface area contributed by atoms with Crippen LogP contribution in [-0.2, 0) is 26.0 Å². The number of sulfonamides is 1. The molecule has 0 fully saturated rings. The Balaban J connectivity index is 1.76. The summed E-state index contributed by atoms with van der Waals surface area (Å²) in [5, 5.41) is 11.8. The molecule has 33 heavy (non-hydrogen) atoms. The first kappa shape index (κ1) is 24.7. The lowest BCUT2D eigenvalue weighted by Gasteiger charge is -2.21. The molecule has 2 amide bonds. The molecular formula is C21H23N5O4S3. The monoisotopic (exact) mass is 505 g/mol. The van der Waals surface area contributed by atoms with Crippen molar-refractivity contribution in [2.45, 2.75) is 37.2 Å². The molecule has 2 aromatic carbocycles. The molecule has 2 atom stereocenters. The molecule has 1 aromatic heterocycles. The smallest absolute Gasteiger partial charge is 0.248 e. The summed E-state index contributed by atoms with van der Waals surface area (Å²) in [5.74, 6) is -1.15. The molecule has 0 aliphatic carbocycles. The number of nitrogens with one attached hydrogen (secondary N) is 4. The van der Waals surface area contributed by atoms with Crippen molar-refractivity contribution in [3.8, 4) is 0 Å². The number of carbonyl (C=O) groups is 2. The minimum Gasteiger partial charge on any atom is -0.343 e. The van der Waals surface area contributed by atoms with E-state index in [1.165, 1.54) is 19.1 Å². The zero-order valence-electron chi connectivity index (χ0n) is 17.9. The predicted octanol–water partition coefficient (Wildman–Crippen LogP) is 2.54. The van der Waals surface area contributed by atoms with Crippen LogP contribution < -0.4 is 15.4 Å². The molecule has 174 valence electrons. The van der Waals surface area contributed by atoms with Crippen LogP contribution in [0.2, 0.25) is 0 Å². The van der Waals surface area contributed by atoms with Gasteiger partial charge in [0.15, 0.2) is 3.95 Å². The Hall–Kier alpha value is -2.93. The molecule has 1 heterocycles. The molecule has 3 rings (SSSR count). The lowest BCUT2D eigenvalue weighted by atomic mass is 10.1. The zero-order valence-corrected chi connectivity index (χ0v) is 20.3. The fourth-order valence-corrected chi connectivity index (χ4v) is 4.87. The normalized spacial score (nSPS) is 13.2. The molecule has 0 radical (unpaired) electrons. The fourth-order valence-electron chi connectivity index (χ4n) is 2.89. The van der Waals surface area contributed by atoms with Gasteiger partial charge >= 0.3 is 0 Å². The molecule has 4 N–H and O–H groups in total. The van der Waals surface area contributed by atoms with Crippen molar-refractivity contribution in [2.75, 3.05) is 5.32 Å². The maximum absolute atomic E-state index is 13.0. The average molecular weight is 506 g/mol. The maximum atomic E-state index is 13.0. The predicted molar refractivity (Wildman–Crippen MR) is 129 cm³/mol. The second kappa shape index (κ2) is 10.8. The van der Waals surface area contributed by atoms with Gasteiger partial charge in [-0.05, 0) is 50.2 Å². The molecule has 0 saturated heterocycles. The highest BCUT2D eigenvalue weighted by Crippen LogP contribution is 2.14. The Morgan fingerprint density at radius 3 is 2.36 bits per heavy atom. The molecule has 0 bridgehead atoms. The van der Waals surface area contributed by atoms with Crippen LogP contribution in [0.4, 0.5) is 5.13 Å². The highest BCUT2D eigenvalue weighted by atomic mass is 32.2. The minimum absolute atomic E-state index is 0.0458. The highest BCUT2D eigenvalue weighted by molar-refractivity contribution is 7.89. The first-order valence-corrected chi connectivity index (χ1v) is 12.6. The van der Waals surface area contributed by atoms with Gasteiger partial charge in [-0.25, -0.2) is 8.42 Å². The molecule has 0 aliphatic rings. The number of hydrogen-bond acceptors (Lipinski definition) is 7. The van der Waals surface area contributed by atoms with Crippen molar-refractivity contribution in [2.24, 2.45) is 0 Å². The summed E-state index contributed by atoms with van der Waals surface area (Å²) >= 11 is 6.01. The molecule has 0 saturated carbocycles. The quantitative estimate of drug-likeness (QED) is 0.330. The van der Waals surface area contributed by atoms with E-state index in [2.05, 4.69) is 25.6 Å². The number of nitrogens with zero attached hydrogens (tertiary/aromatic N) is 1. The first-order chi connectivity index (χ1) is 15.6. The summed E-state index contributed by atoms with van der Waals surface area (Å²) in [5.41, 5.74) is 1.67. The third-order valence-electron chi connectivity index (χ3n) is 4.65. The first-order valence-electron chi connectivity index (χ1n) is 9.94. The number of aryl methyl sites for hydroxylation is 1. The number of benzene rings is 2. The third-order valence-corrected chi connectivity index (χ3v) is 7.14. The van der Waals surface area contributed by atoms with Gasteiger partial charge in [0.2, 0.25) is 27.0 Å². The van der Waals surface area contributed by atoms with E-state index < -0.39 is 33.9 Å². The number of hydrogen-bond donors (Lipinski definition) is 4. The van der Waals surface area contributed by atoms with Gasteiger partial charge in [-0.15, -0.1) is 5.10 Å². The van der Waals surface area contributed by atoms with Crippen LogP contribution in [-0.4, -0.2) is 42.5 Å². The minimum atomic E-state index is -3.98. The van der Waals surface area contributed by atoms with Crippen molar-refractivity contribution in [3.05, 3.63) is 69.7 Å². The Morgan fingerprint density at radius 1 is 1.09 bits per heavy atom. The van der Waals surface area contributed by atoms with Crippen LogP contribution >= 0.6 is 23.6 Å². The Labute approximate surface area is 200 Å². The van der Waals surface area contributed by atoms with Crippen LogP contribution in [0.5, 0.6) is 0 Å². The van der Waals surface area contributed by atoms with Crippen LogP contribution in [0.1, 0.15) is 18.1 Å². The average Bonchev–Trinajstić information content (AvgIpc) is 3.18. The molecule has 0 aliphatic heterocycles. The van der Waals surface area contributed by atoms with Crippen LogP contribution in [0.25, 0.3) is 0 Å². The van der Waals surface area contributed by atoms with E-state index in [-0.39, 0.29) is 16.4 Å². The van der Waals surface area contributed by atoms with Crippen LogP contribution in [0, 0.1) is 10.9 Å². The molecule has 0 spiro atoms. The summed E-state index contributed by atoms with van der Waals surface area (Å²) in [4.78, 5) is 25.5. The van der Waals surface area contributed by atoms with E-state index in [9.17, 15) is 18.0 Å². The summed E-state index contributed by atoms with van der Waals surface area (Å²) in [6.45, 7) is 3.34. The highest BCUT2D eigenvalue weighted by Gasteiger charge is 2.28. The topological polar surface area (TPSA) is 133 Å². The summed E-state index contributed by atoms with van der Waals surface area (Å²) in [6, 6.07) is 13.2. The lowest BCUT2D eigenvalue weighted by Crippen LogP contribution is -2.52. The van der Waals surface area contributed by atoms with E-state index in [4.69, 9.17) is 12.2 Å². The number of rotatable bonds is 9. The van der Waals surface area contributed by atoms with Crippen molar-refractivity contribution in [3.63, 3.8) is 0 Å². The number of aromatic nitrogens is 2. The fraction of sp³-hybridized carbons (Fsp3) is 0.238. The Morgan fingerprint density at radius 2 is 1.76 bits per heavy atom. The SMILES string of the molecule is Cc1ccc(S(=O)(=O)N[C@@H](Cc2ccccc2)C(=O)N[C@@H](C)C(=O)Nc2n[nH]c(=S)s2)cc1. The van der Waals surface area contributed by atoms with E-state index in [0.29, 0.717) is 3.95 Å². The number of carbonyl (C=O) groups excluding carboxylic acids is 2. The van der Waals surface area contributed by atoms with Crippen molar-refractivity contribution in [1.29, 1.82) is 0 Å². The molecular weight excluding hydrogens is 482 g/mol. The largest absolute Gasteiger partial charge is 0.343 e. The van der Waals surface area contributed by atoms with Gasteiger partial charge in [0, 0.05) is 0 Å². The summed E-state index contributed by atoms with van der Waals surface area (Å²) in [6.07, 6.45) is 0.104. The molecule has 0 unspecified atom stereocenters. The summed E-state index contributed by atoms with van der Waals surface area (Å²) < 4.78 is 28.7. The van der Waals surface area contributed by atoms with Gasteiger partial charge in [0.25, 0.3) is 0 Å². The molecule has 12 heteroatoms. The van der Waals surface area contributed by atoms with E-state index in [0.717, 1.165) is 22.5 Å². The lowest BCUT2D eigenvalue weighted by molar-refractivity contribution is -0.127. The van der Waals surface area contributed by atoms with Gasteiger partial charge in [-0.2, -0.15) is 4.72 Å². The van der Waals surface area contributed by atoms with E-state index >= 15 is 0 Å². The van der Waals surface area contributed by atoms with Crippen LogP contribution in [0.3, 0.4) is 0 Å². The summed E-state index contributed by atoms with van der Waals surface area (Å²) in [7, 11) is -3.98. The number of aromatic amines is 1. The van der Waals surface area contributed by atoms with Gasteiger partial charge < -0.3 is 5.32 Å². The van der Waals surface area contributed by atoms with Gasteiger partial charge in [-0.3, -0.25) is 20.0 Å². The van der Waals surface area contributed by atoms with Crippen molar-refractivity contribution >= 4 is 50.5 Å². The number of amides is 2. The van der Waals surface area contributed by atoms with E-state index in [1.807, 2.05) is 13.0 Å². The van der Waals surface area contributed by atoms with Crippen molar-refractivity contribution in [1.82, 2.24) is 20.2 Å². The molecule has 3 aromatic rings. The van der Waals surface area contributed by atoms with Crippen molar-refractivity contribution < 1.29 is 18.0 Å². The standard InChI is InChI=1S/C21H23N5O4S3/c1-13-8-10-16(11-9-13)33(29,30)26-17(12-15-6-4-3-5-7-15)19(28)22-14(2)18(27)23-20-24-25-21(31)32-20/h3-11,14,17,26H,12H2,1-2H3,(H,22,28)(H,25,31)(H,23,24,27)/t14-,17-/m0/s1. The van der Waals surface area contributed by atoms with E-state index in [1.54, 1.807) is 36.4 Å². The Kier molecular flexibility index (Phi) is 8.08. The second-order valence-corrected chi connectivity index (χ2v) is 10.7.